The van der Waals surface area contributed by atoms with Crippen LogP contribution in [0.5, 0.6) is 0 Å². The summed E-state index contributed by atoms with van der Waals surface area (Å²) in [6.07, 6.45) is 3.31. The van der Waals surface area contributed by atoms with Crippen molar-refractivity contribution in [3.05, 3.63) is 35.4 Å². The molecule has 1 fully saturated rings. The predicted molar refractivity (Wildman–Crippen MR) is 57.9 cm³/mol. The van der Waals surface area contributed by atoms with Crippen LogP contribution >= 0.6 is 12.4 Å². The molecule has 2 rings (SSSR count). The molecular formula is C11H14ClF2N. The zero-order valence-electron chi connectivity index (χ0n) is 8.25. The fourth-order valence-electron chi connectivity index (χ4n) is 1.84. The van der Waals surface area contributed by atoms with Gasteiger partial charge in [0.1, 0.15) is 11.6 Å². The molecular weight excluding hydrogens is 220 g/mol. The minimum absolute atomic E-state index is 0. The Balaban J connectivity index is 0.00000112. The van der Waals surface area contributed by atoms with E-state index in [2.05, 4.69) is 0 Å². The highest BCUT2D eigenvalue weighted by Gasteiger charge is 2.25. The van der Waals surface area contributed by atoms with Crippen molar-refractivity contribution in [2.24, 2.45) is 11.7 Å². The molecule has 0 saturated heterocycles. The quantitative estimate of drug-likeness (QED) is 0.834. The summed E-state index contributed by atoms with van der Waals surface area (Å²) in [6, 6.07) is 3.31. The average Bonchev–Trinajstić information content (AvgIpc) is 1.98. The standard InChI is InChI=1S/C11H13F2N.ClH/c12-9-4-8(5-10(13)6-9)11(14)7-2-1-3-7;/h4-7,11H,1-3,14H2;1H/t11-;/m0./s1. The van der Waals surface area contributed by atoms with E-state index < -0.39 is 11.6 Å². The molecule has 0 aliphatic heterocycles. The second-order valence-electron chi connectivity index (χ2n) is 3.92. The highest BCUT2D eigenvalue weighted by Crippen LogP contribution is 2.36. The second kappa shape index (κ2) is 4.90. The van der Waals surface area contributed by atoms with E-state index in [9.17, 15) is 8.78 Å². The van der Waals surface area contributed by atoms with Gasteiger partial charge in [-0.2, -0.15) is 0 Å². The minimum Gasteiger partial charge on any atom is -0.324 e. The van der Waals surface area contributed by atoms with Gasteiger partial charge in [0, 0.05) is 12.1 Å². The van der Waals surface area contributed by atoms with Gasteiger partial charge in [-0.15, -0.1) is 12.4 Å². The molecule has 2 N–H and O–H groups in total. The molecule has 0 bridgehead atoms. The van der Waals surface area contributed by atoms with Crippen molar-refractivity contribution in [2.75, 3.05) is 0 Å². The molecule has 0 unspecified atom stereocenters. The van der Waals surface area contributed by atoms with E-state index in [0.717, 1.165) is 18.9 Å². The van der Waals surface area contributed by atoms with Gasteiger partial charge < -0.3 is 5.73 Å². The Hall–Kier alpha value is -0.670. The van der Waals surface area contributed by atoms with Gasteiger partial charge in [-0.1, -0.05) is 6.42 Å². The largest absolute Gasteiger partial charge is 0.324 e. The van der Waals surface area contributed by atoms with Gasteiger partial charge in [0.15, 0.2) is 0 Å². The fourth-order valence-corrected chi connectivity index (χ4v) is 1.84. The Morgan fingerprint density at radius 2 is 1.67 bits per heavy atom. The van der Waals surface area contributed by atoms with Crippen molar-refractivity contribution >= 4 is 12.4 Å². The summed E-state index contributed by atoms with van der Waals surface area (Å²) in [4.78, 5) is 0. The maximum absolute atomic E-state index is 12.9. The van der Waals surface area contributed by atoms with Gasteiger partial charge in [0.2, 0.25) is 0 Å². The molecule has 15 heavy (non-hydrogen) atoms. The maximum atomic E-state index is 12.9. The lowest BCUT2D eigenvalue weighted by atomic mass is 9.77. The molecule has 4 heteroatoms. The summed E-state index contributed by atoms with van der Waals surface area (Å²) >= 11 is 0. The third-order valence-electron chi connectivity index (χ3n) is 2.93. The molecule has 0 radical (unpaired) electrons. The Labute approximate surface area is 94.1 Å². The fraction of sp³-hybridized carbons (Fsp3) is 0.455. The Morgan fingerprint density at radius 3 is 2.07 bits per heavy atom. The van der Waals surface area contributed by atoms with Gasteiger partial charge in [0.25, 0.3) is 0 Å². The topological polar surface area (TPSA) is 26.0 Å². The molecule has 1 saturated carbocycles. The summed E-state index contributed by atoms with van der Waals surface area (Å²) in [5.41, 5.74) is 6.48. The van der Waals surface area contributed by atoms with Gasteiger partial charge in [-0.05, 0) is 36.5 Å². The first-order chi connectivity index (χ1) is 6.66. The van der Waals surface area contributed by atoms with Crippen LogP contribution in [-0.4, -0.2) is 0 Å². The summed E-state index contributed by atoms with van der Waals surface area (Å²) in [5, 5.41) is 0. The number of hydrogen-bond acceptors (Lipinski definition) is 1. The van der Waals surface area contributed by atoms with Crippen LogP contribution in [0.3, 0.4) is 0 Å². The second-order valence-corrected chi connectivity index (χ2v) is 3.92. The lowest BCUT2D eigenvalue weighted by Crippen LogP contribution is -2.26. The molecule has 1 nitrogen and oxygen atoms in total. The van der Waals surface area contributed by atoms with E-state index >= 15 is 0 Å². The number of halogens is 3. The molecule has 0 heterocycles. The van der Waals surface area contributed by atoms with Crippen LogP contribution in [0.15, 0.2) is 18.2 Å². The van der Waals surface area contributed by atoms with Gasteiger partial charge in [-0.3, -0.25) is 0 Å². The first kappa shape index (κ1) is 12.4. The maximum Gasteiger partial charge on any atom is 0.126 e. The van der Waals surface area contributed by atoms with Crippen LogP contribution in [0.4, 0.5) is 8.78 Å². The number of benzene rings is 1. The van der Waals surface area contributed by atoms with Crippen LogP contribution < -0.4 is 5.73 Å². The summed E-state index contributed by atoms with van der Waals surface area (Å²) in [7, 11) is 0. The van der Waals surface area contributed by atoms with Crippen LogP contribution in [0, 0.1) is 17.6 Å². The van der Waals surface area contributed by atoms with E-state index in [4.69, 9.17) is 5.73 Å². The van der Waals surface area contributed by atoms with Gasteiger partial charge in [-0.25, -0.2) is 8.78 Å². The zero-order valence-corrected chi connectivity index (χ0v) is 9.07. The lowest BCUT2D eigenvalue weighted by molar-refractivity contribution is 0.263. The minimum atomic E-state index is -0.547. The monoisotopic (exact) mass is 233 g/mol. The third-order valence-corrected chi connectivity index (χ3v) is 2.93. The van der Waals surface area contributed by atoms with Gasteiger partial charge >= 0.3 is 0 Å². The highest BCUT2D eigenvalue weighted by molar-refractivity contribution is 5.85. The Bertz CT molecular complexity index is 319. The lowest BCUT2D eigenvalue weighted by Gasteiger charge is -2.31. The van der Waals surface area contributed by atoms with Crippen molar-refractivity contribution in [3.8, 4) is 0 Å². The Kier molecular flexibility index (Phi) is 4.05. The van der Waals surface area contributed by atoms with Gasteiger partial charge in [0.05, 0.1) is 0 Å². The van der Waals surface area contributed by atoms with Crippen molar-refractivity contribution in [2.45, 2.75) is 25.3 Å². The predicted octanol–water partition coefficient (Wildman–Crippen LogP) is 3.19. The van der Waals surface area contributed by atoms with E-state index in [1.54, 1.807) is 0 Å². The van der Waals surface area contributed by atoms with E-state index in [-0.39, 0.29) is 18.4 Å². The molecule has 0 aromatic heterocycles. The van der Waals surface area contributed by atoms with E-state index in [1.165, 1.54) is 18.6 Å². The van der Waals surface area contributed by atoms with Crippen LogP contribution in [0.25, 0.3) is 0 Å². The summed E-state index contributed by atoms with van der Waals surface area (Å²) in [6.45, 7) is 0. The number of hydrogen-bond donors (Lipinski definition) is 1. The normalized spacial score (nSPS) is 17.8. The van der Waals surface area contributed by atoms with Crippen molar-refractivity contribution in [1.82, 2.24) is 0 Å². The molecule has 1 atom stereocenters. The first-order valence-electron chi connectivity index (χ1n) is 4.88. The first-order valence-corrected chi connectivity index (χ1v) is 4.88. The van der Waals surface area contributed by atoms with Crippen LogP contribution in [0.1, 0.15) is 30.9 Å². The number of rotatable bonds is 2. The SMILES string of the molecule is Cl.N[C@H](c1cc(F)cc(F)c1)C1CCC1. The molecule has 0 spiro atoms. The molecule has 1 aromatic carbocycles. The summed E-state index contributed by atoms with van der Waals surface area (Å²) < 4.78 is 25.8. The summed E-state index contributed by atoms with van der Waals surface area (Å²) in [5.74, 6) is -0.694. The molecule has 1 aromatic rings. The smallest absolute Gasteiger partial charge is 0.126 e. The van der Waals surface area contributed by atoms with Crippen molar-refractivity contribution in [3.63, 3.8) is 0 Å². The molecule has 0 amide bonds. The molecule has 1 aliphatic carbocycles. The Morgan fingerprint density at radius 1 is 1.13 bits per heavy atom. The van der Waals surface area contributed by atoms with Crippen molar-refractivity contribution in [1.29, 1.82) is 0 Å². The van der Waals surface area contributed by atoms with Crippen molar-refractivity contribution < 1.29 is 8.78 Å². The third kappa shape index (κ3) is 2.67. The van der Waals surface area contributed by atoms with E-state index in [1.807, 2.05) is 0 Å². The average molecular weight is 234 g/mol. The zero-order chi connectivity index (χ0) is 10.1. The molecule has 84 valence electrons. The number of nitrogens with two attached hydrogens (primary N) is 1. The highest BCUT2D eigenvalue weighted by atomic mass is 35.5. The van der Waals surface area contributed by atoms with Crippen LogP contribution in [-0.2, 0) is 0 Å². The van der Waals surface area contributed by atoms with E-state index in [0.29, 0.717) is 11.5 Å². The molecule has 1 aliphatic rings. The van der Waals surface area contributed by atoms with Crippen LogP contribution in [0.2, 0.25) is 0 Å².